The molecule has 2 aliphatic heterocycles. The first-order valence-electron chi connectivity index (χ1n) is 9.70. The molecule has 0 aliphatic carbocycles. The van der Waals surface area contributed by atoms with Crippen molar-refractivity contribution in [2.45, 2.75) is 38.0 Å². The molecule has 8 heteroatoms. The first kappa shape index (κ1) is 19.1. The minimum Gasteiger partial charge on any atom is -0.342 e. The molecule has 1 spiro atoms. The number of carbonyl (C=O) groups excluding carboxylic acids is 1. The van der Waals surface area contributed by atoms with Crippen LogP contribution < -0.4 is 5.56 Å². The Hall–Kier alpha value is -2.19. The van der Waals surface area contributed by atoms with Crippen molar-refractivity contribution in [1.29, 1.82) is 0 Å². The van der Waals surface area contributed by atoms with E-state index < -0.39 is 15.4 Å². The first-order valence-corrected chi connectivity index (χ1v) is 11.1. The highest BCUT2D eigenvalue weighted by atomic mass is 32.2. The van der Waals surface area contributed by atoms with Crippen molar-refractivity contribution >= 4 is 26.8 Å². The summed E-state index contributed by atoms with van der Waals surface area (Å²) in [5, 5.41) is 0.709. The Balaban J connectivity index is 1.64. The van der Waals surface area contributed by atoms with Gasteiger partial charge >= 0.3 is 0 Å². The molecule has 1 amide bonds. The lowest BCUT2D eigenvalue weighted by Crippen LogP contribution is -2.38. The van der Waals surface area contributed by atoms with E-state index in [9.17, 15) is 18.0 Å². The molecule has 2 aromatic rings. The van der Waals surface area contributed by atoms with Crippen LogP contribution >= 0.6 is 0 Å². The Kier molecular flexibility index (Phi) is 4.58. The molecular formula is C20H25N3O4S. The maximum atomic E-state index is 13.2. The van der Waals surface area contributed by atoms with Crippen LogP contribution in [-0.2, 0) is 14.8 Å². The monoisotopic (exact) mass is 403 g/mol. The van der Waals surface area contributed by atoms with Crippen LogP contribution in [0.2, 0.25) is 0 Å². The second-order valence-electron chi connectivity index (χ2n) is 7.94. The molecule has 1 aromatic carbocycles. The van der Waals surface area contributed by atoms with Crippen LogP contribution in [0.25, 0.3) is 10.9 Å². The van der Waals surface area contributed by atoms with E-state index in [-0.39, 0.29) is 22.9 Å². The van der Waals surface area contributed by atoms with Gasteiger partial charge in [-0.05, 0) is 49.9 Å². The van der Waals surface area contributed by atoms with E-state index in [1.165, 1.54) is 16.4 Å². The Labute approximate surface area is 164 Å². The van der Waals surface area contributed by atoms with Gasteiger partial charge in [-0.3, -0.25) is 9.59 Å². The van der Waals surface area contributed by atoms with Gasteiger partial charge < -0.3 is 9.88 Å². The number of aromatic amines is 1. The number of carbonyl (C=O) groups is 1. The summed E-state index contributed by atoms with van der Waals surface area (Å²) in [5.74, 6) is 0.0963. The van der Waals surface area contributed by atoms with Crippen LogP contribution in [0.1, 0.15) is 31.7 Å². The average molecular weight is 404 g/mol. The van der Waals surface area contributed by atoms with E-state index >= 15 is 0 Å². The number of hydrogen-bond donors (Lipinski definition) is 1. The second-order valence-corrected chi connectivity index (χ2v) is 9.87. The highest BCUT2D eigenvalue weighted by molar-refractivity contribution is 7.89. The number of nitrogens with zero attached hydrogens (tertiary/aromatic N) is 2. The van der Waals surface area contributed by atoms with Gasteiger partial charge in [0, 0.05) is 43.1 Å². The third kappa shape index (κ3) is 2.95. The summed E-state index contributed by atoms with van der Waals surface area (Å²) in [7, 11) is -3.70. The molecule has 0 radical (unpaired) electrons. The Morgan fingerprint density at radius 2 is 1.89 bits per heavy atom. The normalized spacial score (nSPS) is 23.4. The van der Waals surface area contributed by atoms with E-state index in [0.717, 1.165) is 24.9 Å². The van der Waals surface area contributed by atoms with Gasteiger partial charge in [0.1, 0.15) is 0 Å². The van der Waals surface area contributed by atoms with Gasteiger partial charge in [-0.15, -0.1) is 0 Å². The highest BCUT2D eigenvalue weighted by Gasteiger charge is 2.52. The fraction of sp³-hybridized carbons (Fsp3) is 0.500. The van der Waals surface area contributed by atoms with Crippen molar-refractivity contribution in [1.82, 2.24) is 14.2 Å². The van der Waals surface area contributed by atoms with Crippen LogP contribution in [0, 0.1) is 12.3 Å². The van der Waals surface area contributed by atoms with Gasteiger partial charge in [-0.1, -0.05) is 6.92 Å². The van der Waals surface area contributed by atoms with Gasteiger partial charge in [-0.2, -0.15) is 4.31 Å². The predicted molar refractivity (Wildman–Crippen MR) is 107 cm³/mol. The van der Waals surface area contributed by atoms with E-state index in [0.29, 0.717) is 30.4 Å². The molecule has 28 heavy (non-hydrogen) atoms. The quantitative estimate of drug-likeness (QED) is 0.844. The number of amides is 1. The number of pyridine rings is 1. The van der Waals surface area contributed by atoms with E-state index in [2.05, 4.69) is 4.98 Å². The summed E-state index contributed by atoms with van der Waals surface area (Å²) in [5.41, 5.74) is 0.566. The molecule has 1 unspecified atom stereocenters. The largest absolute Gasteiger partial charge is 0.342 e. The van der Waals surface area contributed by atoms with Crippen LogP contribution in [0.4, 0.5) is 0 Å². The van der Waals surface area contributed by atoms with Crippen molar-refractivity contribution in [3.8, 4) is 0 Å². The molecule has 1 N–H and O–H groups in total. The maximum absolute atomic E-state index is 13.2. The number of fused-ring (bicyclic) bond motifs is 1. The second kappa shape index (κ2) is 6.70. The van der Waals surface area contributed by atoms with Crippen molar-refractivity contribution in [3.63, 3.8) is 0 Å². The fourth-order valence-electron chi connectivity index (χ4n) is 4.51. The summed E-state index contributed by atoms with van der Waals surface area (Å²) in [6.45, 7) is 5.88. The number of nitrogens with one attached hydrogen (secondary N) is 1. The van der Waals surface area contributed by atoms with Gasteiger partial charge in [0.05, 0.1) is 10.3 Å². The zero-order valence-electron chi connectivity index (χ0n) is 16.2. The molecule has 0 bridgehead atoms. The summed E-state index contributed by atoms with van der Waals surface area (Å²) >= 11 is 0. The Morgan fingerprint density at radius 1 is 1.14 bits per heavy atom. The smallest absolute Gasteiger partial charge is 0.248 e. The van der Waals surface area contributed by atoms with Crippen molar-refractivity contribution in [2.24, 2.45) is 5.41 Å². The topological polar surface area (TPSA) is 90.6 Å². The molecule has 2 fully saturated rings. The molecular weight excluding hydrogens is 378 g/mol. The Bertz CT molecular complexity index is 1110. The minimum absolute atomic E-state index is 0.0963. The summed E-state index contributed by atoms with van der Waals surface area (Å²) in [6.07, 6.45) is 2.20. The fourth-order valence-corrected chi connectivity index (χ4v) is 6.06. The Morgan fingerprint density at radius 3 is 2.64 bits per heavy atom. The van der Waals surface area contributed by atoms with E-state index in [1.807, 2.05) is 11.8 Å². The zero-order valence-corrected chi connectivity index (χ0v) is 17.0. The molecule has 150 valence electrons. The highest BCUT2D eigenvalue weighted by Crippen LogP contribution is 2.42. The molecule has 2 saturated heterocycles. The van der Waals surface area contributed by atoms with Crippen molar-refractivity contribution in [3.05, 3.63) is 40.2 Å². The summed E-state index contributed by atoms with van der Waals surface area (Å²) in [6, 6.07) is 6.23. The van der Waals surface area contributed by atoms with Gasteiger partial charge in [0.2, 0.25) is 21.5 Å². The SMILES string of the molecule is CCCN1CCC2(CCN(S(=O)(=O)c3ccc4[nH]c(=O)cc(C)c4c3)C2)C1=O. The lowest BCUT2D eigenvalue weighted by Gasteiger charge is -2.23. The predicted octanol–water partition coefficient (Wildman–Crippen LogP) is 1.86. The average Bonchev–Trinajstić information content (AvgIpc) is 3.22. The molecule has 2 aliphatic rings. The lowest BCUT2D eigenvalue weighted by atomic mass is 9.86. The number of hydrogen-bond acceptors (Lipinski definition) is 4. The number of rotatable bonds is 4. The molecule has 1 aromatic heterocycles. The summed E-state index contributed by atoms with van der Waals surface area (Å²) < 4.78 is 27.9. The standard InChI is InChI=1S/C20H25N3O4S/c1-3-8-22-9-6-20(19(22)25)7-10-23(13-20)28(26,27)15-4-5-17-16(12-15)14(2)11-18(24)21-17/h4-5,11-12H,3,6-10,13H2,1-2H3,(H,21,24). The number of H-pyrrole nitrogens is 1. The minimum atomic E-state index is -3.70. The van der Waals surface area contributed by atoms with Gasteiger partial charge in [-0.25, -0.2) is 8.42 Å². The van der Waals surface area contributed by atoms with Crippen LogP contribution in [-0.4, -0.2) is 54.7 Å². The van der Waals surface area contributed by atoms with Crippen molar-refractivity contribution < 1.29 is 13.2 Å². The zero-order chi connectivity index (χ0) is 20.1. The molecule has 0 saturated carbocycles. The summed E-state index contributed by atoms with van der Waals surface area (Å²) in [4.78, 5) is 29.3. The number of likely N-dealkylation sites (tertiary alicyclic amines) is 1. The number of sulfonamides is 1. The van der Waals surface area contributed by atoms with Gasteiger partial charge in [0.25, 0.3) is 0 Å². The first-order chi connectivity index (χ1) is 13.3. The molecule has 1 atom stereocenters. The molecule has 7 nitrogen and oxygen atoms in total. The lowest BCUT2D eigenvalue weighted by molar-refractivity contribution is -0.135. The number of benzene rings is 1. The number of aryl methyl sites for hydroxylation is 1. The van der Waals surface area contributed by atoms with Crippen LogP contribution in [0.5, 0.6) is 0 Å². The van der Waals surface area contributed by atoms with Crippen LogP contribution in [0.15, 0.2) is 34.0 Å². The third-order valence-electron chi connectivity index (χ3n) is 6.07. The van der Waals surface area contributed by atoms with E-state index in [1.54, 1.807) is 19.1 Å². The molecule has 3 heterocycles. The van der Waals surface area contributed by atoms with E-state index in [4.69, 9.17) is 0 Å². The van der Waals surface area contributed by atoms with Gasteiger partial charge in [0.15, 0.2) is 0 Å². The van der Waals surface area contributed by atoms with Crippen LogP contribution in [0.3, 0.4) is 0 Å². The maximum Gasteiger partial charge on any atom is 0.248 e. The number of aromatic nitrogens is 1. The third-order valence-corrected chi connectivity index (χ3v) is 7.91. The molecule has 4 rings (SSSR count). The van der Waals surface area contributed by atoms with Crippen molar-refractivity contribution in [2.75, 3.05) is 26.2 Å².